The van der Waals surface area contributed by atoms with Crippen molar-refractivity contribution in [2.24, 2.45) is 0 Å². The molecule has 2 heterocycles. The van der Waals surface area contributed by atoms with Crippen molar-refractivity contribution in [3.63, 3.8) is 0 Å². The lowest BCUT2D eigenvalue weighted by atomic mass is 10.1. The maximum atomic E-state index is 12.6. The molecule has 0 bridgehead atoms. The Balaban J connectivity index is 1.69. The minimum Gasteiger partial charge on any atom is -0.490 e. The SMILES string of the molecule is O=C1CN(C(=O)c2ccccc2OC[C@H]2CCCO2)CCN1. The molecule has 6 heteroatoms. The van der Waals surface area contributed by atoms with Gasteiger partial charge in [-0.05, 0) is 25.0 Å². The van der Waals surface area contributed by atoms with E-state index >= 15 is 0 Å². The third kappa shape index (κ3) is 3.39. The van der Waals surface area contributed by atoms with E-state index in [4.69, 9.17) is 9.47 Å². The van der Waals surface area contributed by atoms with Gasteiger partial charge >= 0.3 is 0 Å². The van der Waals surface area contributed by atoms with Gasteiger partial charge in [0.15, 0.2) is 0 Å². The van der Waals surface area contributed by atoms with Gasteiger partial charge in [-0.3, -0.25) is 9.59 Å². The van der Waals surface area contributed by atoms with Crippen molar-refractivity contribution >= 4 is 11.8 Å². The van der Waals surface area contributed by atoms with Crippen LogP contribution in [0.15, 0.2) is 24.3 Å². The first kappa shape index (κ1) is 14.8. The van der Waals surface area contributed by atoms with Gasteiger partial charge in [0, 0.05) is 19.7 Å². The molecule has 22 heavy (non-hydrogen) atoms. The third-order valence-electron chi connectivity index (χ3n) is 3.89. The fourth-order valence-corrected chi connectivity index (χ4v) is 2.71. The quantitative estimate of drug-likeness (QED) is 0.894. The number of hydrogen-bond acceptors (Lipinski definition) is 4. The van der Waals surface area contributed by atoms with E-state index < -0.39 is 0 Å². The van der Waals surface area contributed by atoms with Gasteiger partial charge in [0.2, 0.25) is 5.91 Å². The summed E-state index contributed by atoms with van der Waals surface area (Å²) in [5.41, 5.74) is 0.496. The molecule has 1 aromatic rings. The number of nitrogens with zero attached hydrogens (tertiary/aromatic N) is 1. The van der Waals surface area contributed by atoms with Crippen molar-refractivity contribution in [2.45, 2.75) is 18.9 Å². The molecule has 2 amide bonds. The maximum Gasteiger partial charge on any atom is 0.258 e. The predicted molar refractivity (Wildman–Crippen MR) is 79.8 cm³/mol. The van der Waals surface area contributed by atoms with Gasteiger partial charge in [0.05, 0.1) is 18.2 Å². The van der Waals surface area contributed by atoms with E-state index in [1.165, 1.54) is 0 Å². The molecule has 6 nitrogen and oxygen atoms in total. The minimum atomic E-state index is -0.169. The normalized spacial score (nSPS) is 21.5. The van der Waals surface area contributed by atoms with Gasteiger partial charge in [-0.15, -0.1) is 0 Å². The van der Waals surface area contributed by atoms with E-state index in [-0.39, 0.29) is 24.5 Å². The summed E-state index contributed by atoms with van der Waals surface area (Å²) < 4.78 is 11.3. The molecule has 0 spiro atoms. The zero-order valence-electron chi connectivity index (χ0n) is 12.4. The summed E-state index contributed by atoms with van der Waals surface area (Å²) >= 11 is 0. The first-order valence-corrected chi connectivity index (χ1v) is 7.63. The highest BCUT2D eigenvalue weighted by Gasteiger charge is 2.25. The summed E-state index contributed by atoms with van der Waals surface area (Å²) in [6.07, 6.45) is 2.14. The summed E-state index contributed by atoms with van der Waals surface area (Å²) in [4.78, 5) is 25.6. The van der Waals surface area contributed by atoms with Gasteiger partial charge < -0.3 is 19.7 Å². The van der Waals surface area contributed by atoms with Crippen LogP contribution in [0.2, 0.25) is 0 Å². The van der Waals surface area contributed by atoms with Crippen LogP contribution in [0, 0.1) is 0 Å². The lowest BCUT2D eigenvalue weighted by Crippen LogP contribution is -2.50. The first-order valence-electron chi connectivity index (χ1n) is 7.63. The number of carbonyl (C=O) groups is 2. The Hall–Kier alpha value is -2.08. The zero-order valence-corrected chi connectivity index (χ0v) is 12.4. The van der Waals surface area contributed by atoms with Crippen LogP contribution < -0.4 is 10.1 Å². The molecule has 0 aromatic heterocycles. The number of piperazine rings is 1. The van der Waals surface area contributed by atoms with E-state index in [0.717, 1.165) is 19.4 Å². The molecule has 1 atom stereocenters. The zero-order chi connectivity index (χ0) is 15.4. The summed E-state index contributed by atoms with van der Waals surface area (Å²) in [5, 5.41) is 2.71. The van der Waals surface area contributed by atoms with E-state index in [0.29, 0.717) is 31.0 Å². The molecule has 2 aliphatic heterocycles. The molecule has 0 saturated carbocycles. The number of ether oxygens (including phenoxy) is 2. The molecule has 0 unspecified atom stereocenters. The molecule has 118 valence electrons. The van der Waals surface area contributed by atoms with Crippen molar-refractivity contribution < 1.29 is 19.1 Å². The monoisotopic (exact) mass is 304 g/mol. The van der Waals surface area contributed by atoms with Crippen molar-refractivity contribution in [3.05, 3.63) is 29.8 Å². The molecule has 2 aliphatic rings. The number of rotatable bonds is 4. The molecular weight excluding hydrogens is 284 g/mol. The summed E-state index contributed by atoms with van der Waals surface area (Å²) in [6.45, 7) is 2.33. The van der Waals surface area contributed by atoms with Crippen LogP contribution in [0.5, 0.6) is 5.75 Å². The lowest BCUT2D eigenvalue weighted by Gasteiger charge is -2.27. The molecule has 1 aromatic carbocycles. The highest BCUT2D eigenvalue weighted by Crippen LogP contribution is 2.22. The second-order valence-corrected chi connectivity index (χ2v) is 5.52. The van der Waals surface area contributed by atoms with Crippen LogP contribution in [0.1, 0.15) is 23.2 Å². The Kier molecular flexibility index (Phi) is 4.58. The summed E-state index contributed by atoms with van der Waals surface area (Å²) in [7, 11) is 0. The number of amides is 2. The lowest BCUT2D eigenvalue weighted by molar-refractivity contribution is -0.123. The maximum absolute atomic E-state index is 12.6. The number of hydrogen-bond donors (Lipinski definition) is 1. The molecule has 1 N–H and O–H groups in total. The average Bonchev–Trinajstić information content (AvgIpc) is 3.06. The third-order valence-corrected chi connectivity index (χ3v) is 3.89. The molecule has 3 rings (SSSR count). The number of carbonyl (C=O) groups excluding carboxylic acids is 2. The van der Waals surface area contributed by atoms with Crippen LogP contribution in [0.3, 0.4) is 0 Å². The van der Waals surface area contributed by atoms with Gasteiger partial charge in [-0.2, -0.15) is 0 Å². The highest BCUT2D eigenvalue weighted by atomic mass is 16.5. The van der Waals surface area contributed by atoms with E-state index in [9.17, 15) is 9.59 Å². The molecule has 2 fully saturated rings. The van der Waals surface area contributed by atoms with E-state index in [1.54, 1.807) is 23.1 Å². The largest absolute Gasteiger partial charge is 0.490 e. The topological polar surface area (TPSA) is 67.9 Å². The molecule has 0 radical (unpaired) electrons. The van der Waals surface area contributed by atoms with Crippen molar-refractivity contribution in [3.8, 4) is 5.75 Å². The van der Waals surface area contributed by atoms with E-state index in [2.05, 4.69) is 5.32 Å². The number of benzene rings is 1. The second kappa shape index (κ2) is 6.79. The molecule has 2 saturated heterocycles. The summed E-state index contributed by atoms with van der Waals surface area (Å²) in [5.74, 6) is 0.254. The van der Waals surface area contributed by atoms with Gasteiger partial charge in [-0.25, -0.2) is 0 Å². The highest BCUT2D eigenvalue weighted by molar-refractivity contribution is 5.99. The van der Waals surface area contributed by atoms with Crippen LogP contribution >= 0.6 is 0 Å². The van der Waals surface area contributed by atoms with Crippen LogP contribution in [0.4, 0.5) is 0 Å². The standard InChI is InChI=1S/C16H20N2O4/c19-15-10-18(8-7-17-15)16(20)13-5-1-2-6-14(13)22-11-12-4-3-9-21-12/h1-2,5-6,12H,3-4,7-11H2,(H,17,19)/t12-/m1/s1. The Bertz CT molecular complexity index is 555. The fourth-order valence-electron chi connectivity index (χ4n) is 2.71. The van der Waals surface area contributed by atoms with Crippen molar-refractivity contribution in [1.29, 1.82) is 0 Å². The first-order chi connectivity index (χ1) is 10.7. The van der Waals surface area contributed by atoms with Gasteiger partial charge in [0.1, 0.15) is 12.4 Å². The Labute approximate surface area is 129 Å². The van der Waals surface area contributed by atoms with Crippen LogP contribution in [-0.4, -0.2) is 55.7 Å². The average molecular weight is 304 g/mol. The van der Waals surface area contributed by atoms with Crippen molar-refractivity contribution in [1.82, 2.24) is 10.2 Å². The smallest absolute Gasteiger partial charge is 0.258 e. The number of para-hydroxylation sites is 1. The van der Waals surface area contributed by atoms with E-state index in [1.807, 2.05) is 6.07 Å². The number of nitrogens with one attached hydrogen (secondary N) is 1. The predicted octanol–water partition coefficient (Wildman–Crippen LogP) is 0.816. The second-order valence-electron chi connectivity index (χ2n) is 5.52. The van der Waals surface area contributed by atoms with Crippen molar-refractivity contribution in [2.75, 3.05) is 32.8 Å². The Morgan fingerprint density at radius 1 is 1.41 bits per heavy atom. The van der Waals surface area contributed by atoms with Gasteiger partial charge in [-0.1, -0.05) is 12.1 Å². The van der Waals surface area contributed by atoms with Gasteiger partial charge in [0.25, 0.3) is 5.91 Å². The Morgan fingerprint density at radius 2 is 2.27 bits per heavy atom. The van der Waals surface area contributed by atoms with Crippen LogP contribution in [0.25, 0.3) is 0 Å². The van der Waals surface area contributed by atoms with Crippen LogP contribution in [-0.2, 0) is 9.53 Å². The molecule has 0 aliphatic carbocycles. The minimum absolute atomic E-state index is 0.0961. The summed E-state index contributed by atoms with van der Waals surface area (Å²) in [6, 6.07) is 7.16. The molecular formula is C16H20N2O4. The fraction of sp³-hybridized carbons (Fsp3) is 0.500. The Morgan fingerprint density at radius 3 is 3.05 bits per heavy atom.